The highest BCUT2D eigenvalue weighted by Gasteiger charge is 2.12. The van der Waals surface area contributed by atoms with Crippen molar-refractivity contribution in [2.45, 2.75) is 13.8 Å². The summed E-state index contributed by atoms with van der Waals surface area (Å²) in [7, 11) is 0. The predicted octanol–water partition coefficient (Wildman–Crippen LogP) is 4.28. The van der Waals surface area contributed by atoms with Crippen molar-refractivity contribution in [1.29, 1.82) is 5.41 Å². The fraction of sp³-hybridized carbons (Fsp3) is 0.125. The number of H-pyrrole nitrogens is 1. The van der Waals surface area contributed by atoms with Gasteiger partial charge in [-0.2, -0.15) is 0 Å². The zero-order valence-corrected chi connectivity index (χ0v) is 18.6. The molecular weight excluding hydrogens is 434 g/mol. The third-order valence-corrected chi connectivity index (χ3v) is 4.88. The van der Waals surface area contributed by atoms with Crippen LogP contribution in [0.15, 0.2) is 60.0 Å². The van der Waals surface area contributed by atoms with E-state index in [1.807, 2.05) is 32.0 Å². The number of fused-ring (bicyclic) bond motifs is 1. The number of nitrogens with zero attached hydrogens (tertiary/aromatic N) is 3. The number of carbonyl (C=O) groups excluding carboxylic acids is 1. The Bertz CT molecular complexity index is 1420. The van der Waals surface area contributed by atoms with E-state index in [1.54, 1.807) is 30.5 Å². The number of aromatic nitrogens is 3. The zero-order chi connectivity index (χ0) is 23.9. The quantitative estimate of drug-likeness (QED) is 0.168. The first-order valence-corrected chi connectivity index (χ1v) is 10.5. The molecule has 0 saturated heterocycles. The lowest BCUT2D eigenvalue weighted by Crippen LogP contribution is -2.06. The van der Waals surface area contributed by atoms with Crippen molar-refractivity contribution < 1.29 is 14.3 Å². The molecule has 0 bridgehead atoms. The molecule has 4 rings (SSSR count). The van der Waals surface area contributed by atoms with Crippen LogP contribution in [0.5, 0.6) is 17.2 Å². The number of benzene rings is 2. The van der Waals surface area contributed by atoms with Crippen LogP contribution in [0, 0.1) is 12.3 Å². The molecule has 10 heteroatoms. The Morgan fingerprint density at radius 3 is 2.79 bits per heavy atom. The number of aromatic amines is 1. The molecule has 0 atom stereocenters. The van der Waals surface area contributed by atoms with Gasteiger partial charge in [0.2, 0.25) is 6.41 Å². The Hall–Kier alpha value is -4.73. The lowest BCUT2D eigenvalue weighted by atomic mass is 10.1. The standard InChI is InChI=1S/C24H23N7O3/c1-3-33-22-11-19-18(10-20(22)30-14-32)24(29-13-28-19)31-16-4-5-21(15(2)8-16)34-17-6-7-26-23(9-17)27-12-25/h4-14H,3H2,1-2H3,(H,30,32)(H2,25,26,27)(H,28,29,31). The van der Waals surface area contributed by atoms with Crippen LogP contribution >= 0.6 is 0 Å². The first kappa shape index (κ1) is 22.5. The van der Waals surface area contributed by atoms with Crippen LogP contribution in [0.4, 0.5) is 17.2 Å². The fourth-order valence-electron chi connectivity index (χ4n) is 3.38. The van der Waals surface area contributed by atoms with Crippen molar-refractivity contribution in [2.75, 3.05) is 17.2 Å². The maximum absolute atomic E-state index is 11.1. The fourth-order valence-corrected chi connectivity index (χ4v) is 3.38. The van der Waals surface area contributed by atoms with Gasteiger partial charge in [0, 0.05) is 29.4 Å². The van der Waals surface area contributed by atoms with Gasteiger partial charge in [-0.25, -0.2) is 15.0 Å². The molecule has 172 valence electrons. The number of pyridine rings is 1. The van der Waals surface area contributed by atoms with Crippen LogP contribution in [-0.2, 0) is 4.79 Å². The Labute approximate surface area is 195 Å². The summed E-state index contributed by atoms with van der Waals surface area (Å²) in [5.74, 6) is 2.42. The van der Waals surface area contributed by atoms with Crippen LogP contribution in [0.3, 0.4) is 0 Å². The van der Waals surface area contributed by atoms with Gasteiger partial charge in [0.1, 0.15) is 41.2 Å². The minimum absolute atomic E-state index is 0.461. The lowest BCUT2D eigenvalue weighted by Gasteiger charge is -2.14. The summed E-state index contributed by atoms with van der Waals surface area (Å²) >= 11 is 0. The molecule has 0 spiro atoms. The summed E-state index contributed by atoms with van der Waals surface area (Å²) in [5.41, 5.74) is 3.46. The molecule has 0 aliphatic heterocycles. The van der Waals surface area contributed by atoms with Gasteiger partial charge in [0.25, 0.3) is 0 Å². The number of hydrogen-bond donors (Lipinski definition) is 4. The van der Waals surface area contributed by atoms with Crippen LogP contribution in [0.1, 0.15) is 12.5 Å². The summed E-state index contributed by atoms with van der Waals surface area (Å²) in [5, 5.41) is 13.8. The van der Waals surface area contributed by atoms with E-state index in [9.17, 15) is 4.79 Å². The summed E-state index contributed by atoms with van der Waals surface area (Å²) in [6.45, 7) is 4.28. The van der Waals surface area contributed by atoms with Gasteiger partial charge in [-0.1, -0.05) is 0 Å². The molecule has 4 aromatic rings. The van der Waals surface area contributed by atoms with Crippen LogP contribution in [0.25, 0.3) is 10.9 Å². The largest absolute Gasteiger partial charge is 0.492 e. The minimum atomic E-state index is 0.461. The van der Waals surface area contributed by atoms with E-state index in [2.05, 4.69) is 30.6 Å². The summed E-state index contributed by atoms with van der Waals surface area (Å²) < 4.78 is 11.6. The Morgan fingerprint density at radius 1 is 1.15 bits per heavy atom. The molecule has 2 aromatic heterocycles. The third kappa shape index (κ3) is 5.01. The SMILES string of the molecule is CCOc1cc2ncnc(Nc3ccc(Oc4cc[nH]/c(=N\C=N)c4)c(C)c3)c2cc1NC=O. The summed E-state index contributed by atoms with van der Waals surface area (Å²) in [4.78, 5) is 26.6. The van der Waals surface area contributed by atoms with Crippen molar-refractivity contribution in [3.05, 3.63) is 66.0 Å². The highest BCUT2D eigenvalue weighted by atomic mass is 16.5. The highest BCUT2D eigenvalue weighted by molar-refractivity contribution is 5.96. The van der Waals surface area contributed by atoms with E-state index in [0.717, 1.165) is 23.0 Å². The zero-order valence-electron chi connectivity index (χ0n) is 18.6. The van der Waals surface area contributed by atoms with Gasteiger partial charge in [-0.3, -0.25) is 10.2 Å². The Balaban J connectivity index is 1.62. The lowest BCUT2D eigenvalue weighted by molar-refractivity contribution is -0.105. The number of amides is 1. The van der Waals surface area contributed by atoms with E-state index in [1.165, 1.54) is 6.33 Å². The number of anilines is 3. The number of carbonyl (C=O) groups is 1. The van der Waals surface area contributed by atoms with E-state index < -0.39 is 0 Å². The van der Waals surface area contributed by atoms with Crippen LogP contribution in [0.2, 0.25) is 0 Å². The van der Waals surface area contributed by atoms with Gasteiger partial charge in [0.15, 0.2) is 0 Å². The molecule has 1 amide bonds. The average molecular weight is 457 g/mol. The van der Waals surface area contributed by atoms with Crippen molar-refractivity contribution in [3.63, 3.8) is 0 Å². The van der Waals surface area contributed by atoms with Gasteiger partial charge < -0.3 is 25.1 Å². The Morgan fingerprint density at radius 2 is 2.03 bits per heavy atom. The molecule has 4 N–H and O–H groups in total. The monoisotopic (exact) mass is 457 g/mol. The molecule has 2 aromatic carbocycles. The summed E-state index contributed by atoms with van der Waals surface area (Å²) in [6.07, 6.45) is 4.75. The minimum Gasteiger partial charge on any atom is -0.492 e. The van der Waals surface area contributed by atoms with Gasteiger partial charge in [-0.05, 0) is 49.7 Å². The first-order valence-electron chi connectivity index (χ1n) is 10.5. The highest BCUT2D eigenvalue weighted by Crippen LogP contribution is 2.34. The Kier molecular flexibility index (Phi) is 6.78. The number of hydrogen-bond acceptors (Lipinski definition) is 7. The molecular formula is C24H23N7O3. The molecule has 2 heterocycles. The van der Waals surface area contributed by atoms with E-state index in [4.69, 9.17) is 14.9 Å². The van der Waals surface area contributed by atoms with Crippen LogP contribution in [-0.4, -0.2) is 34.3 Å². The predicted molar refractivity (Wildman–Crippen MR) is 130 cm³/mol. The molecule has 0 aliphatic carbocycles. The topological polar surface area (TPSA) is 137 Å². The van der Waals surface area contributed by atoms with Crippen molar-refractivity contribution >= 4 is 40.8 Å². The molecule has 0 saturated carbocycles. The maximum Gasteiger partial charge on any atom is 0.211 e. The second kappa shape index (κ2) is 10.3. The van der Waals surface area contributed by atoms with Crippen molar-refractivity contribution in [2.24, 2.45) is 4.99 Å². The molecule has 10 nitrogen and oxygen atoms in total. The summed E-state index contributed by atoms with van der Waals surface area (Å²) in [6, 6.07) is 12.7. The van der Waals surface area contributed by atoms with Crippen LogP contribution < -0.4 is 25.6 Å². The van der Waals surface area contributed by atoms with Gasteiger partial charge in [0.05, 0.1) is 17.8 Å². The average Bonchev–Trinajstić information content (AvgIpc) is 2.82. The third-order valence-electron chi connectivity index (χ3n) is 4.88. The normalized spacial score (nSPS) is 11.2. The number of ether oxygens (including phenoxy) is 2. The molecule has 0 aliphatic rings. The van der Waals surface area contributed by atoms with Gasteiger partial charge in [-0.15, -0.1) is 0 Å². The molecule has 0 fully saturated rings. The van der Waals surface area contributed by atoms with Crippen molar-refractivity contribution in [1.82, 2.24) is 15.0 Å². The smallest absolute Gasteiger partial charge is 0.211 e. The van der Waals surface area contributed by atoms with Crippen molar-refractivity contribution in [3.8, 4) is 17.2 Å². The second-order valence-electron chi connectivity index (χ2n) is 7.16. The van der Waals surface area contributed by atoms with E-state index in [0.29, 0.717) is 52.8 Å². The number of aryl methyl sites for hydroxylation is 1. The number of rotatable bonds is 9. The van der Waals surface area contributed by atoms with Gasteiger partial charge >= 0.3 is 0 Å². The molecule has 0 unspecified atom stereocenters. The second-order valence-corrected chi connectivity index (χ2v) is 7.16. The van der Waals surface area contributed by atoms with E-state index >= 15 is 0 Å². The van der Waals surface area contributed by atoms with E-state index in [-0.39, 0.29) is 0 Å². The molecule has 0 radical (unpaired) electrons. The maximum atomic E-state index is 11.1. The molecule has 34 heavy (non-hydrogen) atoms. The number of nitrogens with one attached hydrogen (secondary N) is 4. The first-order chi connectivity index (χ1) is 16.6.